The van der Waals surface area contributed by atoms with Crippen molar-refractivity contribution in [3.63, 3.8) is 0 Å². The molecule has 0 saturated heterocycles. The van der Waals surface area contributed by atoms with Gasteiger partial charge in [-0.05, 0) is 13.3 Å². The van der Waals surface area contributed by atoms with E-state index in [1.54, 1.807) is 6.92 Å². The van der Waals surface area contributed by atoms with Crippen LogP contribution in [0.4, 0.5) is 0 Å². The second kappa shape index (κ2) is 15.0. The average Bonchev–Trinajstić information content (AvgIpc) is 2.51. The third kappa shape index (κ3) is 15.4. The van der Waals surface area contributed by atoms with Crippen LogP contribution in [0, 0.1) is 0 Å². The first-order valence-electron chi connectivity index (χ1n) is 8.31. The van der Waals surface area contributed by atoms with Gasteiger partial charge in [-0.2, -0.15) is 0 Å². The molecule has 140 valence electrons. The molecule has 8 nitrogen and oxygen atoms in total. The van der Waals surface area contributed by atoms with Crippen molar-refractivity contribution < 1.29 is 29.0 Å². The average molecular weight is 346 g/mol. The number of carbonyl (C=O) groups is 3. The Morgan fingerprint density at radius 3 is 2.17 bits per heavy atom. The Kier molecular flexibility index (Phi) is 14.1. The number of carboxylic acids is 1. The molecule has 0 aromatic rings. The van der Waals surface area contributed by atoms with Gasteiger partial charge in [-0.15, -0.1) is 0 Å². The van der Waals surface area contributed by atoms with Crippen molar-refractivity contribution in [1.82, 2.24) is 10.2 Å². The fourth-order valence-corrected chi connectivity index (χ4v) is 1.89. The Balaban J connectivity index is 3.72. The van der Waals surface area contributed by atoms with Crippen LogP contribution in [0.1, 0.15) is 33.1 Å². The summed E-state index contributed by atoms with van der Waals surface area (Å²) < 4.78 is 10.8. The smallest absolute Gasteiger partial charge is 0.303 e. The molecule has 0 bridgehead atoms. The van der Waals surface area contributed by atoms with Gasteiger partial charge in [0, 0.05) is 32.7 Å². The van der Waals surface area contributed by atoms with Crippen LogP contribution >= 0.6 is 0 Å². The predicted molar refractivity (Wildman–Crippen MR) is 88.9 cm³/mol. The van der Waals surface area contributed by atoms with Gasteiger partial charge in [-0.3, -0.25) is 19.3 Å². The molecule has 0 aromatic carbocycles. The number of aliphatic carboxylic acids is 1. The van der Waals surface area contributed by atoms with Crippen molar-refractivity contribution in [2.24, 2.45) is 0 Å². The molecule has 0 aromatic heterocycles. The van der Waals surface area contributed by atoms with Crippen LogP contribution in [0.2, 0.25) is 0 Å². The molecule has 8 heteroatoms. The summed E-state index contributed by atoms with van der Waals surface area (Å²) in [7, 11) is 0. The molecule has 0 radical (unpaired) electrons. The molecule has 0 saturated carbocycles. The molecule has 0 atom stereocenters. The van der Waals surface area contributed by atoms with Crippen LogP contribution < -0.4 is 5.32 Å². The van der Waals surface area contributed by atoms with Crippen molar-refractivity contribution >= 4 is 17.7 Å². The van der Waals surface area contributed by atoms with E-state index in [1.165, 1.54) is 0 Å². The third-order valence-electron chi connectivity index (χ3n) is 3.03. The lowest BCUT2D eigenvalue weighted by molar-refractivity contribution is -0.138. The lowest BCUT2D eigenvalue weighted by Crippen LogP contribution is -2.35. The number of hydrogen-bond donors (Lipinski definition) is 2. The van der Waals surface area contributed by atoms with Gasteiger partial charge in [0.2, 0.25) is 5.91 Å². The number of ketones is 1. The summed E-state index contributed by atoms with van der Waals surface area (Å²) in [5, 5.41) is 11.1. The van der Waals surface area contributed by atoms with Crippen LogP contribution in [0.5, 0.6) is 0 Å². The standard InChI is InChI=1S/C16H30N2O6/c1-3-9-23-11-7-18(13-14(2)19)8-12-24-10-6-17-15(20)4-5-16(21)22/h3-13H2,1-2H3,(H,17,20)(H,21,22). The second-order valence-electron chi connectivity index (χ2n) is 5.45. The summed E-state index contributed by atoms with van der Waals surface area (Å²) in [6.07, 6.45) is 0.764. The molecule has 24 heavy (non-hydrogen) atoms. The van der Waals surface area contributed by atoms with Crippen LogP contribution in [-0.2, 0) is 23.9 Å². The van der Waals surface area contributed by atoms with Crippen LogP contribution in [0.25, 0.3) is 0 Å². The number of nitrogens with one attached hydrogen (secondary N) is 1. The zero-order valence-corrected chi connectivity index (χ0v) is 14.7. The van der Waals surface area contributed by atoms with Gasteiger partial charge in [0.05, 0.1) is 32.8 Å². The summed E-state index contributed by atoms with van der Waals surface area (Å²) in [5.41, 5.74) is 0. The minimum absolute atomic E-state index is 0.0283. The molecule has 0 spiro atoms. The van der Waals surface area contributed by atoms with Gasteiger partial charge in [-0.25, -0.2) is 0 Å². The first-order valence-corrected chi connectivity index (χ1v) is 8.31. The van der Waals surface area contributed by atoms with E-state index >= 15 is 0 Å². The van der Waals surface area contributed by atoms with E-state index in [0.717, 1.165) is 6.42 Å². The maximum atomic E-state index is 11.3. The van der Waals surface area contributed by atoms with Gasteiger partial charge in [0.25, 0.3) is 0 Å². The van der Waals surface area contributed by atoms with E-state index in [0.29, 0.717) is 52.6 Å². The third-order valence-corrected chi connectivity index (χ3v) is 3.03. The van der Waals surface area contributed by atoms with Crippen molar-refractivity contribution in [3.05, 3.63) is 0 Å². The normalized spacial score (nSPS) is 10.8. The lowest BCUT2D eigenvalue weighted by atomic mass is 10.3. The Bertz CT molecular complexity index is 376. The highest BCUT2D eigenvalue weighted by Crippen LogP contribution is 1.92. The van der Waals surface area contributed by atoms with Crippen molar-refractivity contribution in [2.75, 3.05) is 52.6 Å². The highest BCUT2D eigenvalue weighted by molar-refractivity contribution is 5.80. The number of carboxylic acid groups (broad SMARTS) is 1. The topological polar surface area (TPSA) is 105 Å². The van der Waals surface area contributed by atoms with Crippen molar-refractivity contribution in [1.29, 1.82) is 0 Å². The quantitative estimate of drug-likeness (QED) is 0.387. The molecule has 2 N–H and O–H groups in total. The number of ether oxygens (including phenoxy) is 2. The van der Waals surface area contributed by atoms with E-state index in [4.69, 9.17) is 14.6 Å². The summed E-state index contributed by atoms with van der Waals surface area (Å²) >= 11 is 0. The minimum Gasteiger partial charge on any atom is -0.481 e. The zero-order valence-electron chi connectivity index (χ0n) is 14.7. The fraction of sp³-hybridized carbons (Fsp3) is 0.812. The molecular weight excluding hydrogens is 316 g/mol. The summed E-state index contributed by atoms with van der Waals surface area (Å²) in [5.74, 6) is -1.20. The van der Waals surface area contributed by atoms with Gasteiger partial charge >= 0.3 is 5.97 Å². The van der Waals surface area contributed by atoms with E-state index in [1.807, 2.05) is 11.8 Å². The molecule has 0 unspecified atom stereocenters. The van der Waals surface area contributed by atoms with Gasteiger partial charge in [0.15, 0.2) is 0 Å². The summed E-state index contributed by atoms with van der Waals surface area (Å²) in [4.78, 5) is 34.8. The van der Waals surface area contributed by atoms with Gasteiger partial charge < -0.3 is 19.9 Å². The number of hydrogen-bond acceptors (Lipinski definition) is 6. The zero-order chi connectivity index (χ0) is 18.2. The molecule has 0 aliphatic carbocycles. The fourth-order valence-electron chi connectivity index (χ4n) is 1.89. The number of carbonyl (C=O) groups excluding carboxylic acids is 2. The molecule has 1 amide bonds. The molecule has 0 fully saturated rings. The monoisotopic (exact) mass is 346 g/mol. The number of Topliss-reactive ketones (excluding diaryl/α,β-unsaturated/α-hetero) is 1. The summed E-state index contributed by atoms with van der Waals surface area (Å²) in [6, 6.07) is 0. The highest BCUT2D eigenvalue weighted by atomic mass is 16.5. The highest BCUT2D eigenvalue weighted by Gasteiger charge is 2.08. The van der Waals surface area contributed by atoms with Gasteiger partial charge in [0.1, 0.15) is 5.78 Å². The molecule has 0 aliphatic rings. The SMILES string of the molecule is CCCOCCN(CCOCCNC(=O)CCC(=O)O)CC(C)=O. The second-order valence-corrected chi connectivity index (χ2v) is 5.45. The molecule has 0 rings (SSSR count). The first kappa shape index (κ1) is 22.5. The van der Waals surface area contributed by atoms with Crippen LogP contribution in [-0.4, -0.2) is 80.3 Å². The molecule has 0 heterocycles. The Labute approximate surface area is 143 Å². The largest absolute Gasteiger partial charge is 0.481 e. The number of amides is 1. The van der Waals surface area contributed by atoms with Crippen molar-refractivity contribution in [3.8, 4) is 0 Å². The Morgan fingerprint density at radius 1 is 1.00 bits per heavy atom. The Hall–Kier alpha value is -1.51. The van der Waals surface area contributed by atoms with E-state index < -0.39 is 5.97 Å². The molecular formula is C16H30N2O6. The van der Waals surface area contributed by atoms with Crippen LogP contribution in [0.3, 0.4) is 0 Å². The number of rotatable bonds is 16. The lowest BCUT2D eigenvalue weighted by Gasteiger charge is -2.20. The Morgan fingerprint density at radius 2 is 1.62 bits per heavy atom. The maximum Gasteiger partial charge on any atom is 0.303 e. The molecule has 0 aliphatic heterocycles. The maximum absolute atomic E-state index is 11.3. The van der Waals surface area contributed by atoms with Crippen LogP contribution in [0.15, 0.2) is 0 Å². The van der Waals surface area contributed by atoms with E-state index in [-0.39, 0.29) is 24.5 Å². The van der Waals surface area contributed by atoms with Gasteiger partial charge in [-0.1, -0.05) is 6.92 Å². The summed E-state index contributed by atoms with van der Waals surface area (Å²) in [6.45, 7) is 7.68. The first-order chi connectivity index (χ1) is 11.5. The van der Waals surface area contributed by atoms with E-state index in [9.17, 15) is 14.4 Å². The number of nitrogens with zero attached hydrogens (tertiary/aromatic N) is 1. The predicted octanol–water partition coefficient (Wildman–Crippen LogP) is 0.302. The minimum atomic E-state index is -0.991. The van der Waals surface area contributed by atoms with E-state index in [2.05, 4.69) is 5.32 Å². The van der Waals surface area contributed by atoms with Crippen molar-refractivity contribution in [2.45, 2.75) is 33.1 Å².